The van der Waals surface area contributed by atoms with Crippen molar-refractivity contribution in [3.8, 4) is 11.1 Å². The van der Waals surface area contributed by atoms with Crippen molar-refractivity contribution in [2.75, 3.05) is 0 Å². The van der Waals surface area contributed by atoms with Gasteiger partial charge in [-0.3, -0.25) is 0 Å². The van der Waals surface area contributed by atoms with Crippen molar-refractivity contribution in [3.05, 3.63) is 58.3 Å². The van der Waals surface area contributed by atoms with Gasteiger partial charge in [0.05, 0.1) is 5.02 Å². The highest BCUT2D eigenvalue weighted by Gasteiger charge is 2.03. The van der Waals surface area contributed by atoms with Gasteiger partial charge in [-0.15, -0.1) is 0 Å². The van der Waals surface area contributed by atoms with Gasteiger partial charge >= 0.3 is 0 Å². The predicted molar refractivity (Wildman–Crippen MR) is 61.9 cm³/mol. The highest BCUT2D eigenvalue weighted by Crippen LogP contribution is 2.25. The van der Waals surface area contributed by atoms with Gasteiger partial charge in [-0.2, -0.15) is 0 Å². The molecule has 0 nitrogen and oxygen atoms in total. The van der Waals surface area contributed by atoms with Crippen molar-refractivity contribution in [2.24, 2.45) is 0 Å². The standard InChI is InChI=1S/C12H7Cl2F/c13-10-3-1-2-8(6-10)9-4-5-11(14)12(15)7-9/h1-7H. The molecule has 0 unspecified atom stereocenters. The monoisotopic (exact) mass is 240 g/mol. The summed E-state index contributed by atoms with van der Waals surface area (Å²) in [6.45, 7) is 0. The molecule has 0 bridgehead atoms. The Balaban J connectivity index is 2.50. The third-order valence-corrected chi connectivity index (χ3v) is 2.62. The molecule has 2 aromatic carbocycles. The first-order valence-electron chi connectivity index (χ1n) is 4.38. The van der Waals surface area contributed by atoms with Crippen LogP contribution < -0.4 is 0 Å². The largest absolute Gasteiger partial charge is 0.205 e. The molecule has 0 aliphatic rings. The minimum Gasteiger partial charge on any atom is -0.205 e. The van der Waals surface area contributed by atoms with E-state index in [0.717, 1.165) is 11.1 Å². The molecule has 15 heavy (non-hydrogen) atoms. The van der Waals surface area contributed by atoms with E-state index >= 15 is 0 Å². The van der Waals surface area contributed by atoms with E-state index in [9.17, 15) is 4.39 Å². The van der Waals surface area contributed by atoms with Crippen LogP contribution in [0.2, 0.25) is 10.0 Å². The lowest BCUT2D eigenvalue weighted by molar-refractivity contribution is 0.629. The van der Waals surface area contributed by atoms with Crippen molar-refractivity contribution >= 4 is 23.2 Å². The van der Waals surface area contributed by atoms with Crippen LogP contribution in [0.3, 0.4) is 0 Å². The maximum Gasteiger partial charge on any atom is 0.142 e. The Morgan fingerprint density at radius 3 is 2.27 bits per heavy atom. The summed E-state index contributed by atoms with van der Waals surface area (Å²) in [6, 6.07) is 11.9. The second kappa shape index (κ2) is 4.21. The third-order valence-electron chi connectivity index (χ3n) is 2.08. The molecule has 0 heterocycles. The molecular formula is C12H7Cl2F. The Morgan fingerprint density at radius 2 is 1.60 bits per heavy atom. The van der Waals surface area contributed by atoms with Gasteiger partial charge in [0.25, 0.3) is 0 Å². The molecule has 0 aliphatic heterocycles. The van der Waals surface area contributed by atoms with Crippen LogP contribution in [0, 0.1) is 5.82 Å². The number of hydrogen-bond acceptors (Lipinski definition) is 0. The van der Waals surface area contributed by atoms with Crippen LogP contribution in [0.4, 0.5) is 4.39 Å². The lowest BCUT2D eigenvalue weighted by atomic mass is 10.1. The Bertz CT molecular complexity index is 495. The van der Waals surface area contributed by atoms with Crippen molar-refractivity contribution in [3.63, 3.8) is 0 Å². The van der Waals surface area contributed by atoms with E-state index in [1.807, 2.05) is 12.1 Å². The summed E-state index contributed by atoms with van der Waals surface area (Å²) in [4.78, 5) is 0. The molecule has 76 valence electrons. The van der Waals surface area contributed by atoms with Gasteiger partial charge in [-0.25, -0.2) is 4.39 Å². The fraction of sp³-hybridized carbons (Fsp3) is 0. The number of rotatable bonds is 1. The quantitative estimate of drug-likeness (QED) is 0.672. The summed E-state index contributed by atoms with van der Waals surface area (Å²) in [7, 11) is 0. The van der Waals surface area contributed by atoms with E-state index in [4.69, 9.17) is 23.2 Å². The zero-order valence-corrected chi connectivity index (χ0v) is 9.19. The zero-order valence-electron chi connectivity index (χ0n) is 7.68. The molecule has 0 fully saturated rings. The van der Waals surface area contributed by atoms with Gasteiger partial charge in [0.2, 0.25) is 0 Å². The Labute approximate surface area is 97.3 Å². The molecule has 0 aromatic heterocycles. The highest BCUT2D eigenvalue weighted by molar-refractivity contribution is 6.31. The summed E-state index contributed by atoms with van der Waals surface area (Å²) in [5, 5.41) is 0.753. The lowest BCUT2D eigenvalue weighted by Gasteiger charge is -2.03. The van der Waals surface area contributed by atoms with Gasteiger partial charge in [-0.1, -0.05) is 41.4 Å². The van der Waals surface area contributed by atoms with Crippen molar-refractivity contribution < 1.29 is 4.39 Å². The second-order valence-electron chi connectivity index (χ2n) is 3.14. The molecule has 0 saturated carbocycles. The van der Waals surface area contributed by atoms with E-state index in [1.165, 1.54) is 12.1 Å². The summed E-state index contributed by atoms with van der Waals surface area (Å²) in [5.74, 6) is -0.422. The summed E-state index contributed by atoms with van der Waals surface area (Å²) in [5.41, 5.74) is 1.64. The van der Waals surface area contributed by atoms with E-state index in [2.05, 4.69) is 0 Å². The number of halogens is 3. The summed E-state index contributed by atoms with van der Waals surface area (Å²) in [6.07, 6.45) is 0. The molecule has 0 atom stereocenters. The molecule has 0 aliphatic carbocycles. The van der Waals surface area contributed by atoms with E-state index < -0.39 is 5.82 Å². The third kappa shape index (κ3) is 2.31. The van der Waals surface area contributed by atoms with Crippen molar-refractivity contribution in [2.45, 2.75) is 0 Å². The zero-order chi connectivity index (χ0) is 10.8. The molecule has 3 heteroatoms. The first kappa shape index (κ1) is 10.5. The summed E-state index contributed by atoms with van der Waals surface area (Å²) < 4.78 is 13.2. The maximum atomic E-state index is 13.2. The average molecular weight is 241 g/mol. The smallest absolute Gasteiger partial charge is 0.142 e. The minimum absolute atomic E-state index is 0.126. The van der Waals surface area contributed by atoms with E-state index in [0.29, 0.717) is 5.02 Å². The lowest BCUT2D eigenvalue weighted by Crippen LogP contribution is -1.81. The maximum absolute atomic E-state index is 13.2. The van der Waals surface area contributed by atoms with E-state index in [-0.39, 0.29) is 5.02 Å². The molecule has 2 rings (SSSR count). The average Bonchev–Trinajstić information content (AvgIpc) is 2.22. The van der Waals surface area contributed by atoms with Crippen LogP contribution in [-0.2, 0) is 0 Å². The molecule has 2 aromatic rings. The predicted octanol–water partition coefficient (Wildman–Crippen LogP) is 4.80. The molecular weight excluding hydrogens is 234 g/mol. The van der Waals surface area contributed by atoms with E-state index in [1.54, 1.807) is 18.2 Å². The molecule has 0 amide bonds. The van der Waals surface area contributed by atoms with Crippen LogP contribution in [0.1, 0.15) is 0 Å². The first-order chi connectivity index (χ1) is 7.16. The Kier molecular flexibility index (Phi) is 2.94. The minimum atomic E-state index is -0.422. The fourth-order valence-corrected chi connectivity index (χ4v) is 1.65. The van der Waals surface area contributed by atoms with Gasteiger partial charge in [0.1, 0.15) is 5.82 Å². The fourth-order valence-electron chi connectivity index (χ4n) is 1.34. The molecule has 0 radical (unpaired) electrons. The van der Waals surface area contributed by atoms with Gasteiger partial charge < -0.3 is 0 Å². The van der Waals surface area contributed by atoms with Crippen molar-refractivity contribution in [1.82, 2.24) is 0 Å². The summed E-state index contributed by atoms with van der Waals surface area (Å²) >= 11 is 11.4. The topological polar surface area (TPSA) is 0 Å². The molecule has 0 spiro atoms. The van der Waals surface area contributed by atoms with Crippen LogP contribution in [-0.4, -0.2) is 0 Å². The normalized spacial score (nSPS) is 10.3. The van der Waals surface area contributed by atoms with Crippen LogP contribution in [0.25, 0.3) is 11.1 Å². The Morgan fingerprint density at radius 1 is 0.867 bits per heavy atom. The van der Waals surface area contributed by atoms with Crippen LogP contribution >= 0.6 is 23.2 Å². The van der Waals surface area contributed by atoms with Crippen LogP contribution in [0.15, 0.2) is 42.5 Å². The van der Waals surface area contributed by atoms with Gasteiger partial charge in [0.15, 0.2) is 0 Å². The SMILES string of the molecule is Fc1cc(-c2cccc(Cl)c2)ccc1Cl. The molecule has 0 saturated heterocycles. The first-order valence-corrected chi connectivity index (χ1v) is 5.13. The second-order valence-corrected chi connectivity index (χ2v) is 3.98. The Hall–Kier alpha value is -1.05. The number of benzene rings is 2. The highest BCUT2D eigenvalue weighted by atomic mass is 35.5. The van der Waals surface area contributed by atoms with Gasteiger partial charge in [0, 0.05) is 5.02 Å². The number of hydrogen-bond donors (Lipinski definition) is 0. The van der Waals surface area contributed by atoms with Gasteiger partial charge in [-0.05, 0) is 35.4 Å². The van der Waals surface area contributed by atoms with Crippen molar-refractivity contribution in [1.29, 1.82) is 0 Å². The molecule has 0 N–H and O–H groups in total. The van der Waals surface area contributed by atoms with Crippen LogP contribution in [0.5, 0.6) is 0 Å².